The van der Waals surface area contributed by atoms with Gasteiger partial charge in [-0.3, -0.25) is 0 Å². The Hall–Kier alpha value is -13.8. The van der Waals surface area contributed by atoms with Gasteiger partial charge >= 0.3 is 0 Å². The van der Waals surface area contributed by atoms with E-state index in [0.717, 1.165) is 45.2 Å². The summed E-state index contributed by atoms with van der Waals surface area (Å²) < 4.78 is 2.57. The van der Waals surface area contributed by atoms with Crippen LogP contribution in [0.1, 0.15) is 66.8 Å². The number of fused-ring (bicyclic) bond motifs is 38. The van der Waals surface area contributed by atoms with Gasteiger partial charge < -0.3 is 14.4 Å². The molecule has 0 radical (unpaired) electrons. The molecule has 0 amide bonds. The third-order valence-electron chi connectivity index (χ3n) is 26.6. The highest BCUT2D eigenvalue weighted by molar-refractivity contribution is 7.01. The molecule has 0 fully saturated rings. The minimum Gasteiger partial charge on any atom is -0.311 e. The van der Waals surface area contributed by atoms with Gasteiger partial charge in [0.1, 0.15) is 0 Å². The summed E-state index contributed by atoms with van der Waals surface area (Å²) in [6, 6.07) is 146. The standard InChI is InChI=1S/C105H62BN3/c1-2-27-63(28-3-1)64-53-57-94-91(59-64)106-101-97(61-66(108-92-50-24-13-38-76(92)77-39-14-25-51-93(77)108)62-98(101)109(94)95-52-26-40-78-73-35-10-22-48-88(73)104(99(78)95)84-44-18-6-31-69(84)70-32-7-19-45-85(70)104)107(65-54-56-90-80(60-65)75-37-12-17-43-83(75)103(90)81-41-15-4-29-67(81)68-30-5-16-42-82(68)103)96-58-55-79-74-36-11-23-49-89(74)105(100(79)102(96)106)86-46-20-8-33-71(86)72-34-9-21-47-87(72)105/h1-62H. The summed E-state index contributed by atoms with van der Waals surface area (Å²) in [4.78, 5) is 5.51. The number of aromatic nitrogens is 1. The molecule has 6 aliphatic carbocycles. The van der Waals surface area contributed by atoms with Crippen molar-refractivity contribution >= 4 is 79.0 Å². The Bertz CT molecular complexity index is 6950. The number of rotatable bonds is 4. The number of hydrogen-bond donors (Lipinski definition) is 0. The zero-order valence-corrected chi connectivity index (χ0v) is 59.2. The molecule has 0 unspecified atom stereocenters. The second kappa shape index (κ2) is 20.8. The van der Waals surface area contributed by atoms with Crippen molar-refractivity contribution in [1.82, 2.24) is 4.57 Å². The van der Waals surface area contributed by atoms with Crippen LogP contribution >= 0.6 is 0 Å². The zero-order chi connectivity index (χ0) is 70.7. The van der Waals surface area contributed by atoms with Crippen molar-refractivity contribution in [2.45, 2.75) is 16.2 Å². The van der Waals surface area contributed by atoms with Crippen LogP contribution in [0.25, 0.3) is 105 Å². The van der Waals surface area contributed by atoms with Gasteiger partial charge in [0.2, 0.25) is 0 Å². The van der Waals surface area contributed by atoms with E-state index in [1.165, 1.54) is 177 Å². The van der Waals surface area contributed by atoms with Gasteiger partial charge in [0.05, 0.1) is 38.7 Å². The van der Waals surface area contributed by atoms with Crippen molar-refractivity contribution in [3.05, 3.63) is 443 Å². The van der Waals surface area contributed by atoms with E-state index in [0.29, 0.717) is 0 Å². The van der Waals surface area contributed by atoms with Crippen molar-refractivity contribution in [3.63, 3.8) is 0 Å². The number of nitrogens with zero attached hydrogens (tertiary/aromatic N) is 3. The lowest BCUT2D eigenvalue weighted by Crippen LogP contribution is -2.63. The van der Waals surface area contributed by atoms with Gasteiger partial charge in [-0.1, -0.05) is 322 Å². The van der Waals surface area contributed by atoms with Gasteiger partial charge in [0.25, 0.3) is 6.71 Å². The number of para-hydroxylation sites is 2. The molecule has 2 aliphatic heterocycles. The number of hydrogen-bond acceptors (Lipinski definition) is 2. The smallest absolute Gasteiger partial charge is 0.252 e. The highest BCUT2D eigenvalue weighted by atomic mass is 15.2. The highest BCUT2D eigenvalue weighted by Crippen LogP contribution is 2.69. The van der Waals surface area contributed by atoms with E-state index < -0.39 is 16.2 Å². The average Bonchev–Trinajstić information content (AvgIpc) is 1.59. The summed E-state index contributed by atoms with van der Waals surface area (Å²) >= 11 is 0. The predicted octanol–water partition coefficient (Wildman–Crippen LogP) is 23.6. The minimum atomic E-state index is -0.709. The molecule has 0 saturated heterocycles. The molecule has 3 nitrogen and oxygen atoms in total. The van der Waals surface area contributed by atoms with Crippen LogP contribution in [0.15, 0.2) is 376 Å². The lowest BCUT2D eigenvalue weighted by Gasteiger charge is -2.47. The highest BCUT2D eigenvalue weighted by Gasteiger charge is 2.59. The topological polar surface area (TPSA) is 11.4 Å². The molecule has 0 bridgehead atoms. The molecular weight excluding hydrogens is 1310 g/mol. The molecule has 0 atom stereocenters. The van der Waals surface area contributed by atoms with Crippen LogP contribution in [0.4, 0.5) is 34.1 Å². The maximum atomic E-state index is 2.77. The normalized spacial score (nSPS) is 15.0. The first-order valence-electron chi connectivity index (χ1n) is 38.4. The van der Waals surface area contributed by atoms with Gasteiger partial charge in [-0.05, 0) is 210 Å². The first-order valence-corrected chi connectivity index (χ1v) is 38.4. The molecule has 3 spiro atoms. The minimum absolute atomic E-state index is 0.319. The second-order valence-electron chi connectivity index (χ2n) is 31.0. The van der Waals surface area contributed by atoms with Crippen LogP contribution in [0, 0.1) is 0 Å². The van der Waals surface area contributed by atoms with E-state index in [1.807, 2.05) is 0 Å². The largest absolute Gasteiger partial charge is 0.311 e. The molecule has 109 heavy (non-hydrogen) atoms. The maximum absolute atomic E-state index is 2.77. The van der Waals surface area contributed by atoms with Crippen molar-refractivity contribution in [2.75, 3.05) is 9.80 Å². The first-order chi connectivity index (χ1) is 54.1. The molecule has 1 aromatic heterocycles. The third-order valence-corrected chi connectivity index (χ3v) is 26.6. The quantitative estimate of drug-likeness (QED) is 0.163. The van der Waals surface area contributed by atoms with Gasteiger partial charge in [0.15, 0.2) is 0 Å². The van der Waals surface area contributed by atoms with Crippen LogP contribution in [-0.4, -0.2) is 11.3 Å². The fraction of sp³-hybridized carbons (Fsp3) is 0.0286. The van der Waals surface area contributed by atoms with E-state index in [-0.39, 0.29) is 6.71 Å². The monoisotopic (exact) mass is 1380 g/mol. The van der Waals surface area contributed by atoms with Crippen molar-refractivity contribution in [1.29, 1.82) is 0 Å². The molecule has 18 aromatic rings. The average molecular weight is 1380 g/mol. The Balaban J connectivity index is 0.850. The Morgan fingerprint density at radius 1 is 0.202 bits per heavy atom. The van der Waals surface area contributed by atoms with Gasteiger partial charge in [-0.25, -0.2) is 0 Å². The van der Waals surface area contributed by atoms with Crippen LogP contribution in [-0.2, 0) is 16.2 Å². The lowest BCUT2D eigenvalue weighted by atomic mass is 9.32. The molecule has 26 rings (SSSR count). The Morgan fingerprint density at radius 2 is 0.587 bits per heavy atom. The van der Waals surface area contributed by atoms with E-state index in [2.05, 4.69) is 390 Å². The summed E-state index contributed by atoms with van der Waals surface area (Å²) in [5, 5.41) is 2.44. The summed E-state index contributed by atoms with van der Waals surface area (Å²) in [6.07, 6.45) is 0. The van der Waals surface area contributed by atoms with Crippen LogP contribution < -0.4 is 26.2 Å². The molecule has 17 aromatic carbocycles. The van der Waals surface area contributed by atoms with Crippen LogP contribution in [0.3, 0.4) is 0 Å². The van der Waals surface area contributed by atoms with Crippen molar-refractivity contribution in [3.8, 4) is 83.6 Å². The van der Waals surface area contributed by atoms with Gasteiger partial charge in [-0.15, -0.1) is 0 Å². The third kappa shape index (κ3) is 6.92. The number of benzene rings is 17. The summed E-state index contributed by atoms with van der Waals surface area (Å²) in [6.45, 7) is -0.319. The summed E-state index contributed by atoms with van der Waals surface area (Å²) in [5.41, 5.74) is 45.8. The Labute approximate surface area is 631 Å². The summed E-state index contributed by atoms with van der Waals surface area (Å²) in [5.74, 6) is 0. The molecule has 4 heteroatoms. The maximum Gasteiger partial charge on any atom is 0.252 e. The SMILES string of the molecule is c1ccc(-c2ccc3c(c2)B2c4c(cc(-n5c6ccccc6c6ccccc65)cc4N3c3cccc4c3C3(c5ccccc5-c5ccccc53)c3ccccc3-4)N(c3ccc4c(c3)-c3ccccc3C43c4ccccc4-c4ccccc43)c3ccc4c(c32)C2(c3ccccc3-c3ccccc32)c2ccccc2-4)cc1. The fourth-order valence-corrected chi connectivity index (χ4v) is 22.9. The molecule has 500 valence electrons. The number of anilines is 6. The predicted molar refractivity (Wildman–Crippen MR) is 449 cm³/mol. The molecule has 0 N–H and O–H groups in total. The van der Waals surface area contributed by atoms with E-state index in [9.17, 15) is 0 Å². The fourth-order valence-electron chi connectivity index (χ4n) is 22.9. The second-order valence-corrected chi connectivity index (χ2v) is 31.0. The Morgan fingerprint density at radius 3 is 1.09 bits per heavy atom. The van der Waals surface area contributed by atoms with E-state index in [1.54, 1.807) is 0 Å². The van der Waals surface area contributed by atoms with Crippen LogP contribution in [0.5, 0.6) is 0 Å². The molecular formula is C105H62BN3. The van der Waals surface area contributed by atoms with Crippen molar-refractivity contribution < 1.29 is 0 Å². The van der Waals surface area contributed by atoms with Gasteiger partial charge in [0, 0.05) is 44.8 Å². The van der Waals surface area contributed by atoms with E-state index in [4.69, 9.17) is 0 Å². The lowest BCUT2D eigenvalue weighted by molar-refractivity contribution is 0.793. The molecule has 0 saturated carbocycles. The van der Waals surface area contributed by atoms with Gasteiger partial charge in [-0.2, -0.15) is 0 Å². The first kappa shape index (κ1) is 58.5. The van der Waals surface area contributed by atoms with E-state index >= 15 is 0 Å². The zero-order valence-electron chi connectivity index (χ0n) is 59.2. The van der Waals surface area contributed by atoms with Crippen LogP contribution in [0.2, 0.25) is 0 Å². The molecule has 8 aliphatic rings. The summed E-state index contributed by atoms with van der Waals surface area (Å²) in [7, 11) is 0. The Kier molecular flexibility index (Phi) is 11.2. The molecule has 3 heterocycles. The van der Waals surface area contributed by atoms with Crippen molar-refractivity contribution in [2.24, 2.45) is 0 Å².